The minimum Gasteiger partial charge on any atom is -0.455 e. The number of hydrogen-bond donors (Lipinski definition) is 0. The van der Waals surface area contributed by atoms with Crippen LogP contribution in [-0.4, -0.2) is 80.0 Å². The number of thioether (sulfide) groups is 2. The molecule has 7 rings (SSSR count). The Hall–Kier alpha value is -4.49. The molecule has 3 heterocycles. The van der Waals surface area contributed by atoms with Gasteiger partial charge in [0.2, 0.25) is 0 Å². The molecule has 6 aromatic rings. The van der Waals surface area contributed by atoms with E-state index >= 15 is 0 Å². The van der Waals surface area contributed by atoms with Gasteiger partial charge in [-0.15, -0.1) is 21.5 Å². The number of rotatable bonds is 12. The molecule has 0 N–H and O–H groups in total. The number of benzene rings is 4. The topological polar surface area (TPSA) is 93.4 Å². The zero-order valence-electron chi connectivity index (χ0n) is 26.6. The van der Waals surface area contributed by atoms with Crippen molar-refractivity contribution in [1.29, 1.82) is 0 Å². The molecule has 0 unspecified atom stereocenters. The van der Waals surface area contributed by atoms with Gasteiger partial charge in [-0.3, -0.25) is 19.1 Å². The highest BCUT2D eigenvalue weighted by Crippen LogP contribution is 2.33. The molecule has 4 aromatic carbocycles. The van der Waals surface area contributed by atoms with Gasteiger partial charge in [0.15, 0.2) is 16.1 Å². The van der Waals surface area contributed by atoms with E-state index in [9.17, 15) is 9.59 Å². The highest BCUT2D eigenvalue weighted by Gasteiger charge is 2.28. The molecule has 9 nitrogen and oxygen atoms in total. The number of amides is 1. The molecule has 0 radical (unpaired) electrons. The van der Waals surface area contributed by atoms with Gasteiger partial charge in [-0.2, -0.15) is 0 Å². The maximum Gasteiger partial charge on any atom is 0.316 e. The zero-order valence-corrected chi connectivity index (χ0v) is 29.1. The Balaban J connectivity index is 0.929. The molecular weight excluding hydrogens is 673 g/mol. The third kappa shape index (κ3) is 8.05. The molecule has 2 aromatic heterocycles. The van der Waals surface area contributed by atoms with Crippen molar-refractivity contribution < 1.29 is 14.3 Å². The number of carbonyl (C=O) groups is 2. The average Bonchev–Trinajstić information content (AvgIpc) is 3.77. The van der Waals surface area contributed by atoms with Crippen LogP contribution in [0.5, 0.6) is 0 Å². The molecule has 0 saturated carbocycles. The van der Waals surface area contributed by atoms with Crippen molar-refractivity contribution in [2.45, 2.75) is 21.3 Å². The molecule has 12 heteroatoms. The third-order valence-electron chi connectivity index (χ3n) is 8.25. The SMILES string of the molecule is O=C(CSc1nnc(CSc2nc3ccccc3s2)n1-c1ccccc1)OCC(=O)N1CCN(C(c2ccccc2)c2ccccc2)CC1. The van der Waals surface area contributed by atoms with Crippen molar-refractivity contribution in [2.24, 2.45) is 0 Å². The summed E-state index contributed by atoms with van der Waals surface area (Å²) in [5.41, 5.74) is 4.33. The average molecular weight is 707 g/mol. The number of esters is 1. The first kappa shape index (κ1) is 33.0. The minimum atomic E-state index is -0.474. The van der Waals surface area contributed by atoms with Crippen LogP contribution in [0.4, 0.5) is 0 Å². The fraction of sp³-hybridized carbons (Fsp3) is 0.216. The van der Waals surface area contributed by atoms with Crippen molar-refractivity contribution in [3.8, 4) is 5.69 Å². The van der Waals surface area contributed by atoms with E-state index in [4.69, 9.17) is 9.72 Å². The van der Waals surface area contributed by atoms with E-state index in [1.54, 1.807) is 28.0 Å². The monoisotopic (exact) mass is 706 g/mol. The summed E-state index contributed by atoms with van der Waals surface area (Å²) in [6, 6.07) is 38.9. The van der Waals surface area contributed by atoms with Crippen LogP contribution >= 0.6 is 34.9 Å². The summed E-state index contributed by atoms with van der Waals surface area (Å²) in [7, 11) is 0. The van der Waals surface area contributed by atoms with Crippen LogP contribution in [0.1, 0.15) is 23.0 Å². The Morgan fingerprint density at radius 2 is 1.39 bits per heavy atom. The second-order valence-electron chi connectivity index (χ2n) is 11.4. The van der Waals surface area contributed by atoms with Gasteiger partial charge in [0.05, 0.1) is 27.8 Å². The van der Waals surface area contributed by atoms with Gasteiger partial charge < -0.3 is 9.64 Å². The maximum absolute atomic E-state index is 13.1. The Kier molecular flexibility index (Phi) is 10.7. The first-order valence-electron chi connectivity index (χ1n) is 16.0. The van der Waals surface area contributed by atoms with E-state index in [0.29, 0.717) is 24.0 Å². The van der Waals surface area contributed by atoms with E-state index in [2.05, 4.69) is 69.7 Å². The fourth-order valence-corrected chi connectivity index (χ4v) is 8.63. The first-order chi connectivity index (χ1) is 24.1. The molecular formula is C37H34N6O3S3. The van der Waals surface area contributed by atoms with Crippen LogP contribution in [0, 0.1) is 0 Å². The second kappa shape index (κ2) is 15.8. The van der Waals surface area contributed by atoms with Crippen molar-refractivity contribution >= 4 is 57.0 Å². The molecule has 1 fully saturated rings. The van der Waals surface area contributed by atoms with Crippen molar-refractivity contribution in [3.63, 3.8) is 0 Å². The largest absolute Gasteiger partial charge is 0.455 e. The lowest BCUT2D eigenvalue weighted by Crippen LogP contribution is -2.50. The van der Waals surface area contributed by atoms with Crippen LogP contribution in [0.25, 0.3) is 15.9 Å². The Morgan fingerprint density at radius 1 is 0.755 bits per heavy atom. The Bertz CT molecular complexity index is 1930. The van der Waals surface area contributed by atoms with Crippen LogP contribution < -0.4 is 0 Å². The summed E-state index contributed by atoms with van der Waals surface area (Å²) >= 11 is 4.50. The predicted octanol–water partition coefficient (Wildman–Crippen LogP) is 6.74. The maximum atomic E-state index is 13.1. The number of piperazine rings is 1. The minimum absolute atomic E-state index is 0.00681. The summed E-state index contributed by atoms with van der Waals surface area (Å²) in [5, 5.41) is 9.45. The number of carbonyl (C=O) groups excluding carboxylic acids is 2. The molecule has 1 aliphatic rings. The van der Waals surface area contributed by atoms with Gasteiger partial charge in [0.25, 0.3) is 5.91 Å². The number of ether oxygens (including phenoxy) is 1. The smallest absolute Gasteiger partial charge is 0.316 e. The zero-order chi connectivity index (χ0) is 33.4. The number of nitrogens with zero attached hydrogens (tertiary/aromatic N) is 6. The lowest BCUT2D eigenvalue weighted by atomic mass is 9.96. The van der Waals surface area contributed by atoms with Crippen LogP contribution in [0.2, 0.25) is 0 Å². The van der Waals surface area contributed by atoms with E-state index in [1.165, 1.54) is 22.9 Å². The molecule has 49 heavy (non-hydrogen) atoms. The molecule has 1 saturated heterocycles. The van der Waals surface area contributed by atoms with Crippen molar-refractivity contribution in [2.75, 3.05) is 38.5 Å². The van der Waals surface area contributed by atoms with Gasteiger partial charge >= 0.3 is 5.97 Å². The number of para-hydroxylation sites is 2. The highest BCUT2D eigenvalue weighted by atomic mass is 32.2. The van der Waals surface area contributed by atoms with E-state index in [-0.39, 0.29) is 24.3 Å². The van der Waals surface area contributed by atoms with Crippen molar-refractivity contribution in [1.82, 2.24) is 29.5 Å². The molecule has 0 spiro atoms. The van der Waals surface area contributed by atoms with E-state index in [0.717, 1.165) is 39.2 Å². The van der Waals surface area contributed by atoms with Crippen LogP contribution in [-0.2, 0) is 20.1 Å². The van der Waals surface area contributed by atoms with E-state index < -0.39 is 5.97 Å². The standard InChI is InChI=1S/C37H34N6O3S3/c44-33(41-20-22-42(23-21-41)35(27-12-4-1-5-13-27)28-14-6-2-7-15-28)24-46-34(45)26-47-36-40-39-32(43(36)29-16-8-3-9-17-29)25-48-37-38-30-18-10-11-19-31(30)49-37/h1-19,35H,20-26H2. The summed E-state index contributed by atoms with van der Waals surface area (Å²) < 4.78 is 9.51. The van der Waals surface area contributed by atoms with Gasteiger partial charge in [-0.1, -0.05) is 115 Å². The third-order valence-corrected chi connectivity index (χ3v) is 11.3. The lowest BCUT2D eigenvalue weighted by Gasteiger charge is -2.39. The number of aromatic nitrogens is 4. The molecule has 1 amide bonds. The number of fused-ring (bicyclic) bond motifs is 1. The molecule has 0 bridgehead atoms. The number of hydrogen-bond acceptors (Lipinski definition) is 10. The molecule has 0 aliphatic carbocycles. The van der Waals surface area contributed by atoms with Crippen LogP contribution in [0.3, 0.4) is 0 Å². The normalized spacial score (nSPS) is 13.6. The predicted molar refractivity (Wildman–Crippen MR) is 195 cm³/mol. The summed E-state index contributed by atoms with van der Waals surface area (Å²) in [6.07, 6.45) is 0. The van der Waals surface area contributed by atoms with Gasteiger partial charge in [0.1, 0.15) is 5.82 Å². The number of thiazole rings is 1. The van der Waals surface area contributed by atoms with E-state index in [1.807, 2.05) is 65.2 Å². The Labute approximate surface area is 297 Å². The summed E-state index contributed by atoms with van der Waals surface area (Å²) in [5.74, 6) is 0.662. The van der Waals surface area contributed by atoms with Gasteiger partial charge in [-0.25, -0.2) is 4.98 Å². The quantitative estimate of drug-likeness (QED) is 0.101. The fourth-order valence-electron chi connectivity index (χ4n) is 5.88. The molecule has 1 aliphatic heterocycles. The first-order valence-corrected chi connectivity index (χ1v) is 18.8. The summed E-state index contributed by atoms with van der Waals surface area (Å²) in [6.45, 7) is 2.30. The Morgan fingerprint density at radius 3 is 2.06 bits per heavy atom. The van der Waals surface area contributed by atoms with Gasteiger partial charge in [-0.05, 0) is 35.4 Å². The second-order valence-corrected chi connectivity index (χ2v) is 14.6. The van der Waals surface area contributed by atoms with Gasteiger partial charge in [0, 0.05) is 31.9 Å². The molecule has 0 atom stereocenters. The highest BCUT2D eigenvalue weighted by molar-refractivity contribution is 8.00. The van der Waals surface area contributed by atoms with Crippen LogP contribution in [0.15, 0.2) is 125 Å². The molecule has 248 valence electrons. The summed E-state index contributed by atoms with van der Waals surface area (Å²) in [4.78, 5) is 34.8. The van der Waals surface area contributed by atoms with Crippen molar-refractivity contribution in [3.05, 3.63) is 132 Å². The lowest BCUT2D eigenvalue weighted by molar-refractivity contribution is -0.150.